The Labute approximate surface area is 135 Å². The van der Waals surface area contributed by atoms with E-state index < -0.39 is 5.91 Å². The maximum absolute atomic E-state index is 13.0. The van der Waals surface area contributed by atoms with E-state index in [0.29, 0.717) is 17.5 Å². The number of benzene rings is 1. The molecule has 1 atom stereocenters. The van der Waals surface area contributed by atoms with Gasteiger partial charge in [-0.3, -0.25) is 14.8 Å². The number of aryl methyl sites for hydroxylation is 1. The number of hydrogen-bond acceptors (Lipinski definition) is 3. The van der Waals surface area contributed by atoms with Crippen molar-refractivity contribution in [3.05, 3.63) is 34.9 Å². The van der Waals surface area contributed by atoms with Crippen molar-refractivity contribution in [2.45, 2.75) is 51.0 Å². The fourth-order valence-electron chi connectivity index (χ4n) is 4.30. The molecule has 1 saturated heterocycles. The van der Waals surface area contributed by atoms with E-state index >= 15 is 0 Å². The van der Waals surface area contributed by atoms with Crippen LogP contribution in [-0.4, -0.2) is 34.5 Å². The van der Waals surface area contributed by atoms with Gasteiger partial charge in [-0.25, -0.2) is 5.48 Å². The monoisotopic (exact) mass is 314 g/mol. The highest BCUT2D eigenvalue weighted by molar-refractivity contribution is 5.93. The number of piperidine rings is 1. The van der Waals surface area contributed by atoms with Crippen molar-refractivity contribution in [3.8, 4) is 0 Å². The Morgan fingerprint density at radius 1 is 1.26 bits per heavy atom. The van der Waals surface area contributed by atoms with Crippen LogP contribution in [0.3, 0.4) is 0 Å². The SMILES string of the molecule is O=C(NO)c1ccc2c(c1)CCC1(CCCN(C3CC3)C1=O)C2. The summed E-state index contributed by atoms with van der Waals surface area (Å²) in [5, 5.41) is 8.76. The first-order valence-electron chi connectivity index (χ1n) is 8.50. The molecule has 1 aromatic rings. The molecule has 1 unspecified atom stereocenters. The Morgan fingerprint density at radius 3 is 2.83 bits per heavy atom. The van der Waals surface area contributed by atoms with E-state index in [1.54, 1.807) is 11.5 Å². The Hall–Kier alpha value is -1.88. The van der Waals surface area contributed by atoms with Gasteiger partial charge < -0.3 is 4.90 Å². The minimum absolute atomic E-state index is 0.228. The van der Waals surface area contributed by atoms with E-state index in [1.165, 1.54) is 5.56 Å². The summed E-state index contributed by atoms with van der Waals surface area (Å²) in [4.78, 5) is 26.7. The summed E-state index contributed by atoms with van der Waals surface area (Å²) in [6.45, 7) is 0.924. The fourth-order valence-corrected chi connectivity index (χ4v) is 4.30. The minimum atomic E-state index is -0.485. The molecule has 3 aliphatic rings. The molecule has 4 rings (SSSR count). The summed E-state index contributed by atoms with van der Waals surface area (Å²) in [6.07, 6.45) is 6.88. The molecule has 1 aromatic carbocycles. The zero-order chi connectivity index (χ0) is 16.0. The normalized spacial score (nSPS) is 27.0. The smallest absolute Gasteiger partial charge is 0.274 e. The molecular weight excluding hydrogens is 292 g/mol. The van der Waals surface area contributed by atoms with Crippen molar-refractivity contribution in [2.75, 3.05) is 6.54 Å². The summed E-state index contributed by atoms with van der Waals surface area (Å²) < 4.78 is 0. The first-order chi connectivity index (χ1) is 11.1. The second-order valence-electron chi connectivity index (χ2n) is 7.21. The summed E-state index contributed by atoms with van der Waals surface area (Å²) in [6, 6.07) is 6.02. The summed E-state index contributed by atoms with van der Waals surface area (Å²) in [5.41, 5.74) is 4.23. The second kappa shape index (κ2) is 5.34. The van der Waals surface area contributed by atoms with Gasteiger partial charge in [0.1, 0.15) is 0 Å². The van der Waals surface area contributed by atoms with Crippen LogP contribution in [0.5, 0.6) is 0 Å². The largest absolute Gasteiger partial charge is 0.339 e. The van der Waals surface area contributed by atoms with Crippen LogP contribution in [-0.2, 0) is 17.6 Å². The molecule has 1 aliphatic heterocycles. The Kier molecular flexibility index (Phi) is 3.41. The van der Waals surface area contributed by atoms with Crippen LogP contribution < -0.4 is 5.48 Å². The molecule has 1 saturated carbocycles. The maximum Gasteiger partial charge on any atom is 0.274 e. The Morgan fingerprint density at radius 2 is 2.09 bits per heavy atom. The third-order valence-corrected chi connectivity index (χ3v) is 5.73. The highest BCUT2D eigenvalue weighted by Gasteiger charge is 2.48. The number of nitrogens with zero attached hydrogens (tertiary/aromatic N) is 1. The van der Waals surface area contributed by atoms with E-state index in [1.807, 2.05) is 12.1 Å². The zero-order valence-corrected chi connectivity index (χ0v) is 13.2. The van der Waals surface area contributed by atoms with Gasteiger partial charge in [0.05, 0.1) is 5.41 Å². The number of rotatable bonds is 2. The first-order valence-corrected chi connectivity index (χ1v) is 8.50. The van der Waals surface area contributed by atoms with E-state index in [-0.39, 0.29) is 5.41 Å². The molecule has 0 bridgehead atoms. The third kappa shape index (κ3) is 2.43. The van der Waals surface area contributed by atoms with Gasteiger partial charge in [0, 0.05) is 18.2 Å². The zero-order valence-electron chi connectivity index (χ0n) is 13.2. The quantitative estimate of drug-likeness (QED) is 0.648. The lowest BCUT2D eigenvalue weighted by atomic mass is 9.66. The highest BCUT2D eigenvalue weighted by atomic mass is 16.5. The molecule has 1 spiro atoms. The van der Waals surface area contributed by atoms with Gasteiger partial charge in [0.25, 0.3) is 5.91 Å². The molecular formula is C18H22N2O3. The molecule has 2 N–H and O–H groups in total. The van der Waals surface area contributed by atoms with Gasteiger partial charge in [-0.2, -0.15) is 0 Å². The summed E-state index contributed by atoms with van der Waals surface area (Å²) in [7, 11) is 0. The number of hydroxylamine groups is 1. The molecule has 2 fully saturated rings. The van der Waals surface area contributed by atoms with Gasteiger partial charge in [-0.1, -0.05) is 6.07 Å². The number of fused-ring (bicyclic) bond motifs is 1. The number of nitrogens with one attached hydrogen (secondary N) is 1. The Balaban J connectivity index is 1.60. The fraction of sp³-hybridized carbons (Fsp3) is 0.556. The lowest BCUT2D eigenvalue weighted by Crippen LogP contribution is -2.52. The lowest BCUT2D eigenvalue weighted by Gasteiger charge is -2.44. The minimum Gasteiger partial charge on any atom is -0.339 e. The Bertz CT molecular complexity index is 668. The predicted molar refractivity (Wildman–Crippen MR) is 84.1 cm³/mol. The molecule has 5 heteroatoms. The standard InChI is InChI=1S/C18H22N2O3/c21-16(19-23)13-2-3-14-11-18(8-6-12(14)10-13)7-1-9-20(17(18)22)15-4-5-15/h2-3,10,15,23H,1,4-9,11H2,(H,19,21). The second-order valence-corrected chi connectivity index (χ2v) is 7.21. The van der Waals surface area contributed by atoms with Crippen LogP contribution in [0.15, 0.2) is 18.2 Å². The summed E-state index contributed by atoms with van der Waals surface area (Å²) >= 11 is 0. The molecule has 23 heavy (non-hydrogen) atoms. The maximum atomic E-state index is 13.0. The molecule has 0 aromatic heterocycles. The first kappa shape index (κ1) is 14.7. The number of amides is 2. The molecule has 0 radical (unpaired) electrons. The predicted octanol–water partition coefficient (Wildman–Crippen LogP) is 2.07. The van der Waals surface area contributed by atoms with Crippen molar-refractivity contribution >= 4 is 11.8 Å². The van der Waals surface area contributed by atoms with Gasteiger partial charge in [-0.15, -0.1) is 0 Å². The highest BCUT2D eigenvalue weighted by Crippen LogP contribution is 2.45. The third-order valence-electron chi connectivity index (χ3n) is 5.73. The summed E-state index contributed by atoms with van der Waals surface area (Å²) in [5.74, 6) is -0.129. The molecule has 122 valence electrons. The van der Waals surface area contributed by atoms with Crippen LogP contribution in [0.4, 0.5) is 0 Å². The van der Waals surface area contributed by atoms with Crippen LogP contribution in [0, 0.1) is 5.41 Å². The molecule has 1 heterocycles. The lowest BCUT2D eigenvalue weighted by molar-refractivity contribution is -0.148. The van der Waals surface area contributed by atoms with Gasteiger partial charge in [0.15, 0.2) is 0 Å². The van der Waals surface area contributed by atoms with E-state index in [0.717, 1.165) is 57.1 Å². The van der Waals surface area contributed by atoms with E-state index in [4.69, 9.17) is 5.21 Å². The van der Waals surface area contributed by atoms with E-state index in [9.17, 15) is 9.59 Å². The van der Waals surface area contributed by atoms with Crippen molar-refractivity contribution in [1.82, 2.24) is 10.4 Å². The van der Waals surface area contributed by atoms with Gasteiger partial charge >= 0.3 is 0 Å². The van der Waals surface area contributed by atoms with Gasteiger partial charge in [-0.05, 0) is 68.2 Å². The molecule has 5 nitrogen and oxygen atoms in total. The van der Waals surface area contributed by atoms with Crippen molar-refractivity contribution in [2.24, 2.45) is 5.41 Å². The number of likely N-dealkylation sites (tertiary alicyclic amines) is 1. The van der Waals surface area contributed by atoms with E-state index in [2.05, 4.69) is 4.90 Å². The van der Waals surface area contributed by atoms with Crippen LogP contribution in [0.25, 0.3) is 0 Å². The van der Waals surface area contributed by atoms with Gasteiger partial charge in [0.2, 0.25) is 5.91 Å². The molecule has 2 amide bonds. The van der Waals surface area contributed by atoms with Crippen LogP contribution >= 0.6 is 0 Å². The average molecular weight is 314 g/mol. The number of carbonyl (C=O) groups excluding carboxylic acids is 2. The van der Waals surface area contributed by atoms with Crippen molar-refractivity contribution < 1.29 is 14.8 Å². The number of carbonyl (C=O) groups is 2. The molecule has 2 aliphatic carbocycles. The van der Waals surface area contributed by atoms with Crippen LogP contribution in [0.1, 0.15) is 53.6 Å². The van der Waals surface area contributed by atoms with Crippen molar-refractivity contribution in [3.63, 3.8) is 0 Å². The van der Waals surface area contributed by atoms with Crippen LogP contribution in [0.2, 0.25) is 0 Å². The number of hydrogen-bond donors (Lipinski definition) is 2. The average Bonchev–Trinajstić information content (AvgIpc) is 3.41. The van der Waals surface area contributed by atoms with Crippen molar-refractivity contribution in [1.29, 1.82) is 0 Å². The topological polar surface area (TPSA) is 69.6 Å².